The Kier molecular flexibility index (Phi) is 8.83. The molecule has 0 atom stereocenters. The molecule has 0 aliphatic carbocycles. The smallest absolute Gasteiger partial charge is 0.254 e. The molecule has 2 aromatic rings. The number of hydrogen-bond acceptors (Lipinski definition) is 8. The number of morpholine rings is 1. The average Bonchev–Trinajstić information content (AvgIpc) is 3.22. The number of rotatable bonds is 10. The van der Waals surface area contributed by atoms with Crippen LogP contribution >= 0.6 is 11.3 Å². The number of nitrogens with one attached hydrogen (secondary N) is 1. The van der Waals surface area contributed by atoms with Gasteiger partial charge in [-0.15, -0.1) is 11.3 Å². The van der Waals surface area contributed by atoms with Crippen molar-refractivity contribution in [2.24, 2.45) is 0 Å². The zero-order valence-corrected chi connectivity index (χ0v) is 19.6. The SMILES string of the molecule is COc1cc(OC)cc(C(=O)N(CCCN2CCOCC2)CC(=O)Nc2ncc(C)s2)c1. The fourth-order valence-corrected chi connectivity index (χ4v) is 4.10. The number of aromatic nitrogens is 1. The Morgan fingerprint density at radius 3 is 2.47 bits per heavy atom. The van der Waals surface area contributed by atoms with Gasteiger partial charge >= 0.3 is 0 Å². The van der Waals surface area contributed by atoms with Crippen LogP contribution in [0, 0.1) is 6.92 Å². The summed E-state index contributed by atoms with van der Waals surface area (Å²) in [4.78, 5) is 35.0. The van der Waals surface area contributed by atoms with E-state index in [2.05, 4.69) is 15.2 Å². The number of thiazole rings is 1. The van der Waals surface area contributed by atoms with Crippen LogP contribution in [0.4, 0.5) is 5.13 Å². The number of aryl methyl sites for hydroxylation is 1. The maximum atomic E-state index is 13.3. The lowest BCUT2D eigenvalue weighted by molar-refractivity contribution is -0.116. The van der Waals surface area contributed by atoms with Gasteiger partial charge in [-0.25, -0.2) is 4.98 Å². The fourth-order valence-electron chi connectivity index (χ4n) is 3.42. The van der Waals surface area contributed by atoms with E-state index in [4.69, 9.17) is 14.2 Å². The Balaban J connectivity index is 1.70. The maximum absolute atomic E-state index is 13.3. The van der Waals surface area contributed by atoms with Crippen LogP contribution in [0.15, 0.2) is 24.4 Å². The van der Waals surface area contributed by atoms with Gasteiger partial charge in [0.15, 0.2) is 5.13 Å². The number of nitrogens with zero attached hydrogens (tertiary/aromatic N) is 3. The minimum Gasteiger partial charge on any atom is -0.497 e. The number of carbonyl (C=O) groups is 2. The Hall–Kier alpha value is -2.69. The summed E-state index contributed by atoms with van der Waals surface area (Å²) in [6.07, 6.45) is 2.45. The van der Waals surface area contributed by atoms with E-state index >= 15 is 0 Å². The molecule has 2 heterocycles. The van der Waals surface area contributed by atoms with Gasteiger partial charge < -0.3 is 24.4 Å². The Morgan fingerprint density at radius 1 is 1.19 bits per heavy atom. The molecule has 1 N–H and O–H groups in total. The van der Waals surface area contributed by atoms with E-state index in [9.17, 15) is 9.59 Å². The first kappa shape index (κ1) is 24.0. The summed E-state index contributed by atoms with van der Waals surface area (Å²) in [5.41, 5.74) is 0.408. The topological polar surface area (TPSA) is 93.2 Å². The number of carbonyl (C=O) groups excluding carboxylic acids is 2. The van der Waals surface area contributed by atoms with Gasteiger partial charge in [-0.05, 0) is 25.5 Å². The highest BCUT2D eigenvalue weighted by Crippen LogP contribution is 2.24. The number of amides is 2. The molecular weight excluding hydrogens is 432 g/mol. The van der Waals surface area contributed by atoms with Gasteiger partial charge in [0, 0.05) is 48.9 Å². The lowest BCUT2D eigenvalue weighted by atomic mass is 10.1. The van der Waals surface area contributed by atoms with Crippen molar-refractivity contribution in [3.8, 4) is 11.5 Å². The summed E-state index contributed by atoms with van der Waals surface area (Å²) >= 11 is 1.40. The highest BCUT2D eigenvalue weighted by Gasteiger charge is 2.21. The number of hydrogen-bond donors (Lipinski definition) is 1. The summed E-state index contributed by atoms with van der Waals surface area (Å²) in [6.45, 7) is 6.34. The molecule has 9 nitrogen and oxygen atoms in total. The van der Waals surface area contributed by atoms with Crippen molar-refractivity contribution in [2.45, 2.75) is 13.3 Å². The summed E-state index contributed by atoms with van der Waals surface area (Å²) in [7, 11) is 3.07. The van der Waals surface area contributed by atoms with E-state index in [1.807, 2.05) is 6.92 Å². The molecule has 0 unspecified atom stereocenters. The second-order valence-corrected chi connectivity index (χ2v) is 8.69. The Bertz CT molecular complexity index is 891. The van der Waals surface area contributed by atoms with E-state index < -0.39 is 0 Å². The number of benzene rings is 1. The highest BCUT2D eigenvalue weighted by molar-refractivity contribution is 7.15. The zero-order chi connectivity index (χ0) is 22.9. The highest BCUT2D eigenvalue weighted by atomic mass is 32.1. The molecule has 32 heavy (non-hydrogen) atoms. The lowest BCUT2D eigenvalue weighted by Crippen LogP contribution is -2.41. The predicted octanol–water partition coefficient (Wildman–Crippen LogP) is 2.27. The molecule has 0 spiro atoms. The third kappa shape index (κ3) is 6.91. The first-order chi connectivity index (χ1) is 15.5. The molecule has 1 aliphatic heterocycles. The number of ether oxygens (including phenoxy) is 3. The predicted molar refractivity (Wildman–Crippen MR) is 123 cm³/mol. The first-order valence-electron chi connectivity index (χ1n) is 10.5. The largest absolute Gasteiger partial charge is 0.497 e. The molecule has 0 radical (unpaired) electrons. The molecule has 1 aromatic carbocycles. The standard InChI is InChI=1S/C22H30N4O5S/c1-16-14-23-22(32-16)24-20(27)15-26(6-4-5-25-7-9-31-10-8-25)21(28)17-11-18(29-2)13-19(12-17)30-3/h11-14H,4-10,15H2,1-3H3,(H,23,24,27). The third-order valence-corrected chi connectivity index (χ3v) is 5.92. The maximum Gasteiger partial charge on any atom is 0.254 e. The molecule has 174 valence electrons. The molecule has 1 aliphatic rings. The summed E-state index contributed by atoms with van der Waals surface area (Å²) in [5, 5.41) is 3.31. The van der Waals surface area contributed by atoms with E-state index in [1.165, 1.54) is 25.6 Å². The second kappa shape index (κ2) is 11.8. The van der Waals surface area contributed by atoms with Gasteiger partial charge in [0.1, 0.15) is 18.0 Å². The molecule has 0 bridgehead atoms. The number of anilines is 1. The van der Waals surface area contributed by atoms with Gasteiger partial charge in [-0.1, -0.05) is 0 Å². The molecule has 2 amide bonds. The van der Waals surface area contributed by atoms with Crippen LogP contribution in [0.3, 0.4) is 0 Å². The van der Waals surface area contributed by atoms with Gasteiger partial charge in [-0.2, -0.15) is 0 Å². The first-order valence-corrected chi connectivity index (χ1v) is 11.3. The number of methoxy groups -OCH3 is 2. The minimum atomic E-state index is -0.283. The van der Waals surface area contributed by atoms with Crippen molar-refractivity contribution in [2.75, 3.05) is 65.5 Å². The van der Waals surface area contributed by atoms with Crippen LogP contribution in [0.1, 0.15) is 21.7 Å². The third-order valence-electron chi connectivity index (χ3n) is 5.09. The van der Waals surface area contributed by atoms with E-state index in [0.717, 1.165) is 44.1 Å². The van der Waals surface area contributed by atoms with Gasteiger partial charge in [0.2, 0.25) is 5.91 Å². The van der Waals surface area contributed by atoms with E-state index in [0.29, 0.717) is 28.7 Å². The van der Waals surface area contributed by atoms with Crippen molar-refractivity contribution < 1.29 is 23.8 Å². The van der Waals surface area contributed by atoms with Gasteiger partial charge in [0.05, 0.1) is 27.4 Å². The lowest BCUT2D eigenvalue weighted by Gasteiger charge is -2.28. The Labute approximate surface area is 192 Å². The zero-order valence-electron chi connectivity index (χ0n) is 18.8. The van der Waals surface area contributed by atoms with Crippen LogP contribution in [0.2, 0.25) is 0 Å². The molecule has 0 saturated carbocycles. The summed E-state index contributed by atoms with van der Waals surface area (Å²) < 4.78 is 16.0. The molecule has 3 rings (SSSR count). The van der Waals surface area contributed by atoms with Gasteiger partial charge in [-0.3, -0.25) is 14.5 Å². The van der Waals surface area contributed by atoms with Crippen LogP contribution in [-0.4, -0.2) is 86.8 Å². The van der Waals surface area contributed by atoms with Crippen LogP contribution < -0.4 is 14.8 Å². The van der Waals surface area contributed by atoms with Crippen molar-refractivity contribution in [3.63, 3.8) is 0 Å². The molecule has 1 saturated heterocycles. The molecule has 1 aromatic heterocycles. The minimum absolute atomic E-state index is 0.0693. The molecular formula is C22H30N4O5S. The van der Waals surface area contributed by atoms with Crippen molar-refractivity contribution in [3.05, 3.63) is 34.8 Å². The van der Waals surface area contributed by atoms with Crippen LogP contribution in [0.5, 0.6) is 11.5 Å². The van der Waals surface area contributed by atoms with Crippen molar-refractivity contribution in [1.29, 1.82) is 0 Å². The average molecular weight is 463 g/mol. The summed E-state index contributed by atoms with van der Waals surface area (Å²) in [6, 6.07) is 5.01. The monoisotopic (exact) mass is 462 g/mol. The van der Waals surface area contributed by atoms with Crippen LogP contribution in [0.25, 0.3) is 0 Å². The van der Waals surface area contributed by atoms with Crippen molar-refractivity contribution in [1.82, 2.24) is 14.8 Å². The van der Waals surface area contributed by atoms with E-state index in [1.54, 1.807) is 29.3 Å². The fraction of sp³-hybridized carbons (Fsp3) is 0.500. The van der Waals surface area contributed by atoms with Crippen LogP contribution in [-0.2, 0) is 9.53 Å². The molecule has 1 fully saturated rings. The normalized spacial score (nSPS) is 14.1. The van der Waals surface area contributed by atoms with E-state index in [-0.39, 0.29) is 18.4 Å². The second-order valence-electron chi connectivity index (χ2n) is 7.46. The summed E-state index contributed by atoms with van der Waals surface area (Å²) in [5.74, 6) is 0.496. The quantitative estimate of drug-likeness (QED) is 0.579. The molecule has 10 heteroatoms. The Morgan fingerprint density at radius 2 is 1.88 bits per heavy atom. The van der Waals surface area contributed by atoms with Crippen molar-refractivity contribution >= 4 is 28.3 Å². The van der Waals surface area contributed by atoms with Gasteiger partial charge in [0.25, 0.3) is 5.91 Å².